The van der Waals surface area contributed by atoms with E-state index in [1.165, 1.54) is 0 Å². The van der Waals surface area contributed by atoms with Gasteiger partial charge in [0.15, 0.2) is 0 Å². The highest BCUT2D eigenvalue weighted by molar-refractivity contribution is 6.04. The Bertz CT molecular complexity index is 289. The van der Waals surface area contributed by atoms with Gasteiger partial charge in [0.1, 0.15) is 6.07 Å². The van der Waals surface area contributed by atoms with Gasteiger partial charge in [-0.1, -0.05) is 0 Å². The highest BCUT2D eigenvalue weighted by atomic mass is 15.3. The number of hydrazone groups is 1. The number of nitrogens with two attached hydrogens (primary N) is 1. The van der Waals surface area contributed by atoms with Crippen LogP contribution in [0.15, 0.2) is 16.9 Å². The summed E-state index contributed by atoms with van der Waals surface area (Å²) in [5.41, 5.74) is 8.45. The fraction of sp³-hybridized carbons (Fsp3) is 0.375. The lowest BCUT2D eigenvalue weighted by Crippen LogP contribution is -2.11. The van der Waals surface area contributed by atoms with Gasteiger partial charge in [0.2, 0.25) is 0 Å². The van der Waals surface area contributed by atoms with Gasteiger partial charge in [0.05, 0.1) is 23.8 Å². The Hall–Kier alpha value is -2.01. The molecule has 3 N–H and O–H groups in total. The summed E-state index contributed by atoms with van der Waals surface area (Å²) in [6.07, 6.45) is 1.22. The molecular formula is C8H11N5. The van der Waals surface area contributed by atoms with Crippen LogP contribution in [0.4, 0.5) is 0 Å². The van der Waals surface area contributed by atoms with E-state index in [4.69, 9.17) is 16.3 Å². The van der Waals surface area contributed by atoms with Crippen molar-refractivity contribution in [3.8, 4) is 12.1 Å². The molecule has 0 aromatic rings. The summed E-state index contributed by atoms with van der Waals surface area (Å²) in [7, 11) is 0. The van der Waals surface area contributed by atoms with Gasteiger partial charge in [0.25, 0.3) is 0 Å². The van der Waals surface area contributed by atoms with Crippen LogP contribution in [0.5, 0.6) is 0 Å². The van der Waals surface area contributed by atoms with E-state index >= 15 is 0 Å². The fourth-order valence-electron chi connectivity index (χ4n) is 0.642. The molecule has 0 saturated carbocycles. The summed E-state index contributed by atoms with van der Waals surface area (Å²) in [5.74, 6) is 0. The topological polar surface area (TPSA) is 98.0 Å². The second-order valence-electron chi connectivity index (χ2n) is 2.10. The first-order chi connectivity index (χ1) is 6.29. The normalized spacial score (nSPS) is 11.6. The molecule has 0 heterocycles. The third-order valence-corrected chi connectivity index (χ3v) is 1.22. The SMILES string of the molecule is CCN/N=C(CC#N)\C(C#N)=C\N. The number of nitrogens with zero attached hydrogens (tertiary/aromatic N) is 3. The van der Waals surface area contributed by atoms with Crippen LogP contribution in [-0.2, 0) is 0 Å². The molecule has 5 heteroatoms. The minimum Gasteiger partial charge on any atom is -0.403 e. The van der Waals surface area contributed by atoms with Crippen LogP contribution in [0.2, 0.25) is 0 Å². The quantitative estimate of drug-likeness (QED) is 0.365. The van der Waals surface area contributed by atoms with Crippen LogP contribution >= 0.6 is 0 Å². The van der Waals surface area contributed by atoms with Crippen molar-refractivity contribution in [3.63, 3.8) is 0 Å². The zero-order valence-electron chi connectivity index (χ0n) is 7.41. The van der Waals surface area contributed by atoms with Crippen molar-refractivity contribution in [1.82, 2.24) is 5.43 Å². The van der Waals surface area contributed by atoms with Crippen molar-refractivity contribution in [2.45, 2.75) is 13.3 Å². The van der Waals surface area contributed by atoms with Crippen molar-refractivity contribution >= 4 is 5.71 Å². The lowest BCUT2D eigenvalue weighted by molar-refractivity contribution is 0.781. The third-order valence-electron chi connectivity index (χ3n) is 1.22. The molecule has 0 radical (unpaired) electrons. The third kappa shape index (κ3) is 3.78. The molecule has 0 unspecified atom stereocenters. The standard InChI is InChI=1S/C8H11N5/c1-2-12-13-8(3-4-9)7(5-10)6-11/h5,12H,2-3,10H2,1H3/b7-5+,13-8-. The largest absolute Gasteiger partial charge is 0.403 e. The van der Waals surface area contributed by atoms with Crippen LogP contribution in [-0.4, -0.2) is 12.3 Å². The van der Waals surface area contributed by atoms with Crippen molar-refractivity contribution in [2.75, 3.05) is 6.54 Å². The second-order valence-corrected chi connectivity index (χ2v) is 2.10. The number of nitriles is 2. The van der Waals surface area contributed by atoms with Crippen LogP contribution in [0.3, 0.4) is 0 Å². The predicted molar refractivity (Wildman–Crippen MR) is 49.2 cm³/mol. The van der Waals surface area contributed by atoms with E-state index in [-0.39, 0.29) is 12.0 Å². The Kier molecular flexibility index (Phi) is 5.65. The van der Waals surface area contributed by atoms with Crippen molar-refractivity contribution in [3.05, 3.63) is 11.8 Å². The maximum Gasteiger partial charge on any atom is 0.103 e. The molecule has 0 aromatic carbocycles. The van der Waals surface area contributed by atoms with Crippen molar-refractivity contribution in [1.29, 1.82) is 10.5 Å². The number of rotatable bonds is 4. The summed E-state index contributed by atoms with van der Waals surface area (Å²) in [4.78, 5) is 0. The minimum atomic E-state index is 0.0730. The number of hydrogen-bond acceptors (Lipinski definition) is 5. The van der Waals surface area contributed by atoms with Crippen molar-refractivity contribution in [2.24, 2.45) is 10.8 Å². The van der Waals surface area contributed by atoms with Gasteiger partial charge in [0, 0.05) is 12.7 Å². The predicted octanol–water partition coefficient (Wildman–Crippen LogP) is 0.232. The smallest absolute Gasteiger partial charge is 0.103 e. The van der Waals surface area contributed by atoms with E-state index in [1.807, 2.05) is 19.1 Å². The summed E-state index contributed by atoms with van der Waals surface area (Å²) in [5, 5.41) is 20.9. The van der Waals surface area contributed by atoms with E-state index in [1.54, 1.807) is 0 Å². The van der Waals surface area contributed by atoms with Gasteiger partial charge < -0.3 is 11.2 Å². The molecule has 0 aromatic heterocycles. The summed E-state index contributed by atoms with van der Waals surface area (Å²) in [6.45, 7) is 2.50. The zero-order valence-corrected chi connectivity index (χ0v) is 7.41. The molecule has 0 saturated heterocycles. The molecule has 0 aliphatic heterocycles. The average molecular weight is 177 g/mol. The van der Waals surface area contributed by atoms with Crippen LogP contribution in [0, 0.1) is 22.7 Å². The first-order valence-corrected chi connectivity index (χ1v) is 3.78. The van der Waals surface area contributed by atoms with Gasteiger partial charge >= 0.3 is 0 Å². The van der Waals surface area contributed by atoms with E-state index in [2.05, 4.69) is 10.5 Å². The Morgan fingerprint density at radius 3 is 2.69 bits per heavy atom. The van der Waals surface area contributed by atoms with E-state index in [0.717, 1.165) is 6.20 Å². The number of allylic oxidation sites excluding steroid dienone is 1. The van der Waals surface area contributed by atoms with Crippen LogP contribution in [0.1, 0.15) is 13.3 Å². The van der Waals surface area contributed by atoms with Gasteiger partial charge in [-0.05, 0) is 6.92 Å². The lowest BCUT2D eigenvalue weighted by atomic mass is 10.1. The average Bonchev–Trinajstić information content (AvgIpc) is 2.16. The molecule has 0 amide bonds. The van der Waals surface area contributed by atoms with E-state index in [0.29, 0.717) is 12.3 Å². The second kappa shape index (κ2) is 6.68. The van der Waals surface area contributed by atoms with E-state index in [9.17, 15) is 0 Å². The molecule has 5 nitrogen and oxygen atoms in total. The van der Waals surface area contributed by atoms with Gasteiger partial charge in [-0.3, -0.25) is 0 Å². The summed E-state index contributed by atoms with van der Waals surface area (Å²) in [6, 6.07) is 3.77. The van der Waals surface area contributed by atoms with Crippen LogP contribution in [0.25, 0.3) is 0 Å². The summed E-state index contributed by atoms with van der Waals surface area (Å²) >= 11 is 0. The first kappa shape index (κ1) is 11.0. The molecule has 0 aliphatic carbocycles. The molecule has 0 atom stereocenters. The van der Waals surface area contributed by atoms with Crippen molar-refractivity contribution < 1.29 is 0 Å². The molecule has 0 bridgehead atoms. The fourth-order valence-corrected chi connectivity index (χ4v) is 0.642. The molecular weight excluding hydrogens is 166 g/mol. The maximum absolute atomic E-state index is 8.61. The van der Waals surface area contributed by atoms with Gasteiger partial charge in [-0.15, -0.1) is 0 Å². The molecule has 0 aliphatic rings. The minimum absolute atomic E-state index is 0.0730. The Morgan fingerprint density at radius 2 is 2.31 bits per heavy atom. The molecule has 0 rings (SSSR count). The molecule has 68 valence electrons. The highest BCUT2D eigenvalue weighted by Gasteiger charge is 2.04. The van der Waals surface area contributed by atoms with Gasteiger partial charge in [-0.2, -0.15) is 15.6 Å². The zero-order chi connectivity index (χ0) is 10.1. The monoisotopic (exact) mass is 177 g/mol. The maximum atomic E-state index is 8.61. The first-order valence-electron chi connectivity index (χ1n) is 3.78. The molecule has 0 fully saturated rings. The number of nitrogens with one attached hydrogen (secondary N) is 1. The van der Waals surface area contributed by atoms with E-state index < -0.39 is 0 Å². The highest BCUT2D eigenvalue weighted by Crippen LogP contribution is 1.98. The Balaban J connectivity index is 4.63. The Morgan fingerprint density at radius 1 is 1.62 bits per heavy atom. The molecule has 13 heavy (non-hydrogen) atoms. The lowest BCUT2D eigenvalue weighted by Gasteiger charge is -1.99. The number of hydrogen-bond donors (Lipinski definition) is 2. The summed E-state index contributed by atoms with van der Waals surface area (Å²) < 4.78 is 0. The van der Waals surface area contributed by atoms with Crippen LogP contribution < -0.4 is 11.2 Å². The molecule has 0 spiro atoms. The Labute approximate surface area is 77.1 Å². The van der Waals surface area contributed by atoms with Gasteiger partial charge in [-0.25, -0.2) is 0 Å².